The van der Waals surface area contributed by atoms with Crippen molar-refractivity contribution in [2.45, 2.75) is 110 Å². The molecule has 0 aliphatic carbocycles. The van der Waals surface area contributed by atoms with Crippen molar-refractivity contribution in [3.05, 3.63) is 42.2 Å². The number of hydrogen-bond donors (Lipinski definition) is 0. The Morgan fingerprint density at radius 2 is 1.33 bits per heavy atom. The lowest BCUT2D eigenvalue weighted by Gasteiger charge is -2.11. The van der Waals surface area contributed by atoms with Crippen molar-refractivity contribution >= 4 is 0 Å². The largest absolute Gasteiger partial charge is 0.487 e. The Hall–Kier alpha value is -2.04. The predicted octanol–water partition coefficient (Wildman–Crippen LogP) is 8.46. The van der Waals surface area contributed by atoms with Crippen LogP contribution in [-0.2, 0) is 6.42 Å². The van der Waals surface area contributed by atoms with E-state index >= 15 is 0 Å². The predicted molar refractivity (Wildman–Crippen MR) is 133 cm³/mol. The van der Waals surface area contributed by atoms with E-state index in [1.54, 1.807) is 19.3 Å². The maximum Gasteiger partial charge on any atom is 0.159 e. The Labute approximate surface area is 199 Å². The molecule has 2 atom stereocenters. The van der Waals surface area contributed by atoms with Gasteiger partial charge in [0, 0.05) is 5.56 Å². The van der Waals surface area contributed by atoms with E-state index in [0.717, 1.165) is 12.0 Å². The molecule has 33 heavy (non-hydrogen) atoms. The van der Waals surface area contributed by atoms with Crippen LogP contribution in [0.2, 0.25) is 0 Å². The van der Waals surface area contributed by atoms with Crippen LogP contribution in [-0.4, -0.2) is 28.9 Å². The lowest BCUT2D eigenvalue weighted by molar-refractivity contribution is 0.169. The van der Waals surface area contributed by atoms with Crippen LogP contribution < -0.4 is 4.74 Å². The number of halogens is 2. The highest BCUT2D eigenvalue weighted by molar-refractivity contribution is 5.55. The third-order valence-electron chi connectivity index (χ3n) is 6.08. The highest BCUT2D eigenvalue weighted by Crippen LogP contribution is 2.19. The second kappa shape index (κ2) is 16.6. The van der Waals surface area contributed by atoms with Gasteiger partial charge < -0.3 is 4.74 Å². The molecule has 0 fully saturated rings. The maximum absolute atomic E-state index is 13.8. The van der Waals surface area contributed by atoms with Gasteiger partial charge in [-0.25, -0.2) is 18.7 Å². The van der Waals surface area contributed by atoms with Crippen LogP contribution in [0.1, 0.15) is 96.5 Å². The van der Waals surface area contributed by atoms with Gasteiger partial charge in [-0.3, -0.25) is 0 Å². The summed E-state index contributed by atoms with van der Waals surface area (Å²) in [5, 5.41) is 0. The summed E-state index contributed by atoms with van der Waals surface area (Å²) in [6.45, 7) is 3.92. The molecule has 0 bridgehead atoms. The summed E-state index contributed by atoms with van der Waals surface area (Å²) in [6.07, 6.45) is 15.0. The second-order valence-electron chi connectivity index (χ2n) is 9.01. The SMILES string of the molecule is CCCCCCCCCCCc1ccc(-c2ncc(OCC(F)CCC(F)CC)cn2)cc1. The molecule has 0 spiro atoms. The minimum atomic E-state index is -1.19. The fourth-order valence-corrected chi connectivity index (χ4v) is 3.84. The van der Waals surface area contributed by atoms with Crippen molar-refractivity contribution in [2.24, 2.45) is 0 Å². The van der Waals surface area contributed by atoms with Gasteiger partial charge in [0.1, 0.15) is 12.8 Å². The first-order valence-electron chi connectivity index (χ1n) is 12.9. The van der Waals surface area contributed by atoms with Gasteiger partial charge in [0.15, 0.2) is 11.6 Å². The molecule has 1 aromatic carbocycles. The Morgan fingerprint density at radius 1 is 0.758 bits per heavy atom. The third-order valence-corrected chi connectivity index (χ3v) is 6.08. The summed E-state index contributed by atoms with van der Waals surface area (Å²) in [6, 6.07) is 8.40. The standard InChI is InChI=1S/C28H42F2N2O/c1-3-5-6-7-8-9-10-11-12-13-23-14-16-24(17-15-23)28-31-20-27(21-32-28)33-22-26(30)19-18-25(29)4-2/h14-17,20-21,25-26H,3-13,18-19,22H2,1-2H3. The first-order valence-corrected chi connectivity index (χ1v) is 12.9. The molecule has 0 aliphatic rings. The lowest BCUT2D eigenvalue weighted by atomic mass is 10.0. The number of unbranched alkanes of at least 4 members (excludes halogenated alkanes) is 8. The van der Waals surface area contributed by atoms with Crippen LogP contribution in [0.15, 0.2) is 36.7 Å². The molecule has 5 heteroatoms. The first kappa shape index (κ1) is 27.2. The van der Waals surface area contributed by atoms with Gasteiger partial charge in [0.25, 0.3) is 0 Å². The van der Waals surface area contributed by atoms with Gasteiger partial charge in [-0.05, 0) is 37.7 Å². The van der Waals surface area contributed by atoms with E-state index in [9.17, 15) is 8.78 Å². The van der Waals surface area contributed by atoms with Gasteiger partial charge in [0.05, 0.1) is 18.6 Å². The minimum Gasteiger partial charge on any atom is -0.487 e. The molecular weight excluding hydrogens is 418 g/mol. The molecule has 0 radical (unpaired) electrons. The molecule has 2 aromatic rings. The highest BCUT2D eigenvalue weighted by Gasteiger charge is 2.12. The van der Waals surface area contributed by atoms with E-state index in [1.165, 1.54) is 63.4 Å². The van der Waals surface area contributed by atoms with Crippen molar-refractivity contribution in [2.75, 3.05) is 6.61 Å². The smallest absolute Gasteiger partial charge is 0.159 e. The lowest BCUT2D eigenvalue weighted by Crippen LogP contribution is -2.15. The Morgan fingerprint density at radius 3 is 1.94 bits per heavy atom. The zero-order chi connectivity index (χ0) is 23.7. The van der Waals surface area contributed by atoms with Crippen LogP contribution in [0.5, 0.6) is 5.75 Å². The van der Waals surface area contributed by atoms with Gasteiger partial charge in [-0.1, -0.05) is 89.5 Å². The number of hydrogen-bond acceptors (Lipinski definition) is 3. The van der Waals surface area contributed by atoms with Crippen LogP contribution in [0, 0.1) is 0 Å². The highest BCUT2D eigenvalue weighted by atomic mass is 19.1. The molecule has 0 saturated heterocycles. The molecule has 1 aromatic heterocycles. The number of aryl methyl sites for hydroxylation is 1. The fourth-order valence-electron chi connectivity index (χ4n) is 3.84. The molecule has 184 valence electrons. The molecule has 0 saturated carbocycles. The summed E-state index contributed by atoms with van der Waals surface area (Å²) >= 11 is 0. The normalized spacial score (nSPS) is 13.1. The summed E-state index contributed by atoms with van der Waals surface area (Å²) in [4.78, 5) is 8.70. The van der Waals surface area contributed by atoms with Crippen LogP contribution in [0.25, 0.3) is 11.4 Å². The molecule has 2 unspecified atom stereocenters. The number of alkyl halides is 2. The second-order valence-corrected chi connectivity index (χ2v) is 9.01. The van der Waals surface area contributed by atoms with E-state index < -0.39 is 12.3 Å². The summed E-state index contributed by atoms with van der Waals surface area (Å²) < 4.78 is 32.5. The zero-order valence-electron chi connectivity index (χ0n) is 20.6. The first-order chi connectivity index (χ1) is 16.1. The number of rotatable bonds is 18. The van der Waals surface area contributed by atoms with E-state index in [1.807, 2.05) is 0 Å². The fraction of sp³-hybridized carbons (Fsp3) is 0.643. The topological polar surface area (TPSA) is 35.0 Å². The van der Waals surface area contributed by atoms with Crippen LogP contribution in [0.4, 0.5) is 8.78 Å². The van der Waals surface area contributed by atoms with Crippen molar-refractivity contribution in [3.8, 4) is 17.1 Å². The van der Waals surface area contributed by atoms with E-state index in [-0.39, 0.29) is 19.4 Å². The number of ether oxygens (including phenoxy) is 1. The third kappa shape index (κ3) is 11.6. The summed E-state index contributed by atoms with van der Waals surface area (Å²) in [7, 11) is 0. The van der Waals surface area contributed by atoms with Crippen molar-refractivity contribution in [1.29, 1.82) is 0 Å². The molecule has 3 nitrogen and oxygen atoms in total. The van der Waals surface area contributed by atoms with E-state index in [2.05, 4.69) is 41.2 Å². The quantitative estimate of drug-likeness (QED) is 0.209. The van der Waals surface area contributed by atoms with Gasteiger partial charge >= 0.3 is 0 Å². The average molecular weight is 461 g/mol. The average Bonchev–Trinajstić information content (AvgIpc) is 2.85. The molecule has 0 N–H and O–H groups in total. The van der Waals surface area contributed by atoms with E-state index in [0.29, 0.717) is 18.0 Å². The van der Waals surface area contributed by atoms with E-state index in [4.69, 9.17) is 4.74 Å². The van der Waals surface area contributed by atoms with Gasteiger partial charge in [0.2, 0.25) is 0 Å². The van der Waals surface area contributed by atoms with Crippen molar-refractivity contribution in [3.63, 3.8) is 0 Å². The van der Waals surface area contributed by atoms with Crippen LogP contribution in [0.3, 0.4) is 0 Å². The molecule has 0 amide bonds. The molecule has 1 heterocycles. The zero-order valence-corrected chi connectivity index (χ0v) is 20.6. The Bertz CT molecular complexity index is 737. The number of nitrogens with zero attached hydrogens (tertiary/aromatic N) is 2. The van der Waals surface area contributed by atoms with Crippen LogP contribution >= 0.6 is 0 Å². The Kier molecular flexibility index (Phi) is 13.6. The molecule has 0 aliphatic heterocycles. The monoisotopic (exact) mass is 460 g/mol. The van der Waals surface area contributed by atoms with Gasteiger partial charge in [-0.2, -0.15) is 0 Å². The summed E-state index contributed by atoms with van der Waals surface area (Å²) in [5.74, 6) is 1.05. The Balaban J connectivity index is 1.66. The van der Waals surface area contributed by atoms with Crippen molar-refractivity contribution < 1.29 is 13.5 Å². The number of aromatic nitrogens is 2. The maximum atomic E-state index is 13.8. The minimum absolute atomic E-state index is 0.104. The number of benzene rings is 1. The summed E-state index contributed by atoms with van der Waals surface area (Å²) in [5.41, 5.74) is 2.29. The van der Waals surface area contributed by atoms with Crippen molar-refractivity contribution in [1.82, 2.24) is 9.97 Å². The molecule has 2 rings (SSSR count). The molecular formula is C28H42F2N2O. The van der Waals surface area contributed by atoms with Gasteiger partial charge in [-0.15, -0.1) is 0 Å².